The summed E-state index contributed by atoms with van der Waals surface area (Å²) in [5, 5.41) is 15.7. The summed E-state index contributed by atoms with van der Waals surface area (Å²) in [6, 6.07) is 62.7. The molecule has 2 aromatic heterocycles. The highest BCUT2D eigenvalue weighted by Crippen LogP contribution is 2.45. The van der Waals surface area contributed by atoms with Gasteiger partial charge in [-0.2, -0.15) is 0 Å². The van der Waals surface area contributed by atoms with Gasteiger partial charge in [0.25, 0.3) is 0 Å². The van der Waals surface area contributed by atoms with Crippen LogP contribution in [0.4, 0.5) is 0 Å². The number of hydrogen-bond acceptors (Lipinski definition) is 5. The molecule has 3 heterocycles. The van der Waals surface area contributed by atoms with Gasteiger partial charge in [-0.25, -0.2) is 9.98 Å². The van der Waals surface area contributed by atoms with Crippen LogP contribution in [-0.2, 0) is 0 Å². The van der Waals surface area contributed by atoms with Crippen LogP contribution >= 0.6 is 11.3 Å². The molecular weight excluding hydrogens is 703 g/mol. The molecule has 1 unspecified atom stereocenters. The Morgan fingerprint density at radius 1 is 0.482 bits per heavy atom. The predicted octanol–water partition coefficient (Wildman–Crippen LogP) is 13.6. The van der Waals surface area contributed by atoms with Gasteiger partial charge in [0.05, 0.1) is 0 Å². The monoisotopic (exact) mass is 733 g/mol. The summed E-state index contributed by atoms with van der Waals surface area (Å²) in [5.74, 6) is 1.45. The van der Waals surface area contributed by atoms with Crippen LogP contribution in [0.15, 0.2) is 190 Å². The molecule has 0 fully saturated rings. The molecule has 0 spiro atoms. The van der Waals surface area contributed by atoms with Gasteiger partial charge < -0.3 is 9.73 Å². The maximum absolute atomic E-state index is 6.68. The number of nitrogens with zero attached hydrogens (tertiary/aromatic N) is 2. The van der Waals surface area contributed by atoms with Gasteiger partial charge in [0, 0.05) is 47.6 Å². The summed E-state index contributed by atoms with van der Waals surface area (Å²) >= 11 is 1.86. The number of nitrogens with one attached hydrogen (secondary N) is 1. The van der Waals surface area contributed by atoms with Crippen molar-refractivity contribution in [3.63, 3.8) is 0 Å². The van der Waals surface area contributed by atoms with E-state index >= 15 is 0 Å². The first kappa shape index (κ1) is 31.3. The molecule has 1 atom stereocenters. The van der Waals surface area contributed by atoms with Crippen LogP contribution in [0.3, 0.4) is 0 Å². The highest BCUT2D eigenvalue weighted by Gasteiger charge is 2.25. The standard InChI is InChI=1S/C51H31N3OS/c1-3-12-32-26-36(24-22-30(32)10-1)49-52-50(37-25-23-31-11-2-4-13-33(31)27-37)54-51(53-49)41-19-9-21-44-47(41)46-38(16-8-20-43(46)55-44)39-17-7-18-40-42-28-34-14-5-6-15-35(34)29-45(42)56-48(39)40/h1-29,49H,(H,52,53,54). The molecule has 5 heteroatoms. The molecule has 262 valence electrons. The van der Waals surface area contributed by atoms with Gasteiger partial charge in [0.1, 0.15) is 23.2 Å². The van der Waals surface area contributed by atoms with E-state index in [0.29, 0.717) is 5.84 Å². The van der Waals surface area contributed by atoms with E-state index in [-0.39, 0.29) is 6.17 Å². The van der Waals surface area contributed by atoms with Crippen molar-refractivity contribution in [2.45, 2.75) is 6.17 Å². The maximum atomic E-state index is 6.68. The summed E-state index contributed by atoms with van der Waals surface area (Å²) in [5.41, 5.74) is 7.03. The van der Waals surface area contributed by atoms with Crippen LogP contribution in [0.25, 0.3) is 85.6 Å². The van der Waals surface area contributed by atoms with Crippen LogP contribution in [0.1, 0.15) is 22.9 Å². The topological polar surface area (TPSA) is 49.9 Å². The smallest absolute Gasteiger partial charge is 0.159 e. The Morgan fingerprint density at radius 3 is 1.86 bits per heavy atom. The number of benzene rings is 9. The Bertz CT molecular complexity index is 3480. The molecule has 11 aromatic rings. The molecular formula is C51H31N3OS. The molecule has 1 aliphatic rings. The van der Waals surface area contributed by atoms with Gasteiger partial charge in [-0.05, 0) is 79.8 Å². The summed E-state index contributed by atoms with van der Waals surface area (Å²) in [7, 11) is 0. The quantitative estimate of drug-likeness (QED) is 0.196. The van der Waals surface area contributed by atoms with E-state index in [0.717, 1.165) is 55.4 Å². The lowest BCUT2D eigenvalue weighted by Gasteiger charge is -2.24. The van der Waals surface area contributed by atoms with Crippen molar-refractivity contribution in [2.24, 2.45) is 9.98 Å². The van der Waals surface area contributed by atoms with E-state index < -0.39 is 0 Å². The first-order valence-electron chi connectivity index (χ1n) is 18.9. The molecule has 0 bridgehead atoms. The molecule has 4 nitrogen and oxygen atoms in total. The predicted molar refractivity (Wildman–Crippen MR) is 236 cm³/mol. The minimum atomic E-state index is -0.357. The van der Waals surface area contributed by atoms with Crippen molar-refractivity contribution < 1.29 is 4.42 Å². The number of rotatable bonds is 4. The highest BCUT2D eigenvalue weighted by atomic mass is 32.1. The van der Waals surface area contributed by atoms with Gasteiger partial charge in [-0.1, -0.05) is 140 Å². The summed E-state index contributed by atoms with van der Waals surface area (Å²) in [6.45, 7) is 0. The fraction of sp³-hybridized carbons (Fsp3) is 0.0196. The van der Waals surface area contributed by atoms with Crippen molar-refractivity contribution in [1.82, 2.24) is 5.32 Å². The van der Waals surface area contributed by atoms with E-state index in [2.05, 4.69) is 181 Å². The van der Waals surface area contributed by atoms with Crippen molar-refractivity contribution in [3.05, 3.63) is 193 Å². The lowest BCUT2D eigenvalue weighted by molar-refractivity contribution is 0.668. The Balaban J connectivity index is 1.07. The minimum absolute atomic E-state index is 0.357. The first-order chi connectivity index (χ1) is 27.7. The van der Waals surface area contributed by atoms with Gasteiger partial charge in [-0.15, -0.1) is 11.3 Å². The van der Waals surface area contributed by atoms with Crippen LogP contribution in [0, 0.1) is 0 Å². The molecule has 56 heavy (non-hydrogen) atoms. The van der Waals surface area contributed by atoms with Gasteiger partial charge in [-0.3, -0.25) is 0 Å². The molecule has 0 saturated carbocycles. The third-order valence-corrected chi connectivity index (χ3v) is 12.5. The summed E-state index contributed by atoms with van der Waals surface area (Å²) < 4.78 is 9.24. The normalized spacial score (nSPS) is 14.6. The minimum Gasteiger partial charge on any atom is -0.456 e. The van der Waals surface area contributed by atoms with E-state index in [1.165, 1.54) is 52.7 Å². The Labute approximate surface area is 325 Å². The highest BCUT2D eigenvalue weighted by molar-refractivity contribution is 7.26. The number of fused-ring (bicyclic) bond motifs is 9. The van der Waals surface area contributed by atoms with Gasteiger partial charge in [0.2, 0.25) is 0 Å². The third kappa shape index (κ3) is 4.91. The molecule has 9 aromatic carbocycles. The summed E-state index contributed by atoms with van der Waals surface area (Å²) in [4.78, 5) is 10.6. The first-order valence-corrected chi connectivity index (χ1v) is 19.7. The average molecular weight is 734 g/mol. The lowest BCUT2D eigenvalue weighted by Crippen LogP contribution is -2.33. The van der Waals surface area contributed by atoms with Crippen LogP contribution in [0.5, 0.6) is 0 Å². The van der Waals surface area contributed by atoms with E-state index in [1.54, 1.807) is 0 Å². The van der Waals surface area contributed by atoms with E-state index in [4.69, 9.17) is 14.4 Å². The fourth-order valence-corrected chi connectivity index (χ4v) is 9.84. The molecule has 1 N–H and O–H groups in total. The maximum Gasteiger partial charge on any atom is 0.159 e. The molecule has 0 amide bonds. The molecule has 0 aliphatic carbocycles. The summed E-state index contributed by atoms with van der Waals surface area (Å²) in [6.07, 6.45) is -0.357. The van der Waals surface area contributed by atoms with Crippen molar-refractivity contribution in [3.8, 4) is 11.1 Å². The number of hydrogen-bond donors (Lipinski definition) is 1. The Morgan fingerprint density at radius 2 is 1.09 bits per heavy atom. The number of thiophene rings is 1. The average Bonchev–Trinajstić information content (AvgIpc) is 3.83. The van der Waals surface area contributed by atoms with Crippen molar-refractivity contribution >= 4 is 97.4 Å². The van der Waals surface area contributed by atoms with Crippen LogP contribution in [-0.4, -0.2) is 11.7 Å². The van der Waals surface area contributed by atoms with Crippen LogP contribution < -0.4 is 5.32 Å². The second-order valence-electron chi connectivity index (χ2n) is 14.6. The second-order valence-corrected chi connectivity index (χ2v) is 15.6. The molecule has 0 saturated heterocycles. The van der Waals surface area contributed by atoms with Crippen molar-refractivity contribution in [1.29, 1.82) is 0 Å². The van der Waals surface area contributed by atoms with E-state index in [1.807, 2.05) is 11.3 Å². The largest absolute Gasteiger partial charge is 0.456 e. The zero-order chi connectivity index (χ0) is 36.7. The van der Waals surface area contributed by atoms with E-state index in [9.17, 15) is 0 Å². The molecule has 1 aliphatic heterocycles. The SMILES string of the molecule is c1ccc2cc(C3=NC(c4ccc5ccccc5c4)NC(c4cccc5oc6cccc(-c7cccc8c7sc7cc9ccccc9cc78)c6c45)=N3)ccc2c1. The second kappa shape index (κ2) is 12.2. The molecule has 0 radical (unpaired) electrons. The Hall–Kier alpha value is -7.08. The van der Waals surface area contributed by atoms with Crippen LogP contribution in [0.2, 0.25) is 0 Å². The Kier molecular flexibility index (Phi) is 6.83. The fourth-order valence-electron chi connectivity index (χ4n) is 8.58. The lowest BCUT2D eigenvalue weighted by atomic mass is 9.95. The van der Waals surface area contributed by atoms with Gasteiger partial charge >= 0.3 is 0 Å². The third-order valence-electron chi connectivity index (χ3n) is 11.3. The number of amidine groups is 2. The zero-order valence-corrected chi connectivity index (χ0v) is 30.8. The van der Waals surface area contributed by atoms with Crippen molar-refractivity contribution in [2.75, 3.05) is 0 Å². The molecule has 12 rings (SSSR count). The zero-order valence-electron chi connectivity index (χ0n) is 30.0. The number of furan rings is 1. The number of aliphatic imine (C=N–C) groups is 2. The van der Waals surface area contributed by atoms with Gasteiger partial charge in [0.15, 0.2) is 5.84 Å².